The molecule has 152 valence electrons. The van der Waals surface area contributed by atoms with Crippen molar-refractivity contribution in [2.75, 3.05) is 27.4 Å². The van der Waals surface area contributed by atoms with Crippen molar-refractivity contribution in [3.8, 4) is 5.75 Å². The Balaban J connectivity index is 2.09. The number of amides is 1. The number of aliphatic hydroxyl groups is 1. The minimum Gasteiger partial charge on any atom is -0.507 e. The van der Waals surface area contributed by atoms with E-state index in [1.54, 1.807) is 62.8 Å². The van der Waals surface area contributed by atoms with Crippen LogP contribution in [-0.4, -0.2) is 49.1 Å². The van der Waals surface area contributed by atoms with Crippen LogP contribution >= 0.6 is 11.6 Å². The van der Waals surface area contributed by atoms with Gasteiger partial charge in [0.2, 0.25) is 0 Å². The molecule has 0 unspecified atom stereocenters. The monoisotopic (exact) mass is 415 g/mol. The van der Waals surface area contributed by atoms with E-state index in [0.29, 0.717) is 41.5 Å². The van der Waals surface area contributed by atoms with E-state index in [9.17, 15) is 14.7 Å². The maximum Gasteiger partial charge on any atom is 0.295 e. The number of benzene rings is 2. The predicted octanol–water partition coefficient (Wildman–Crippen LogP) is 3.81. The quantitative estimate of drug-likeness (QED) is 0.322. The maximum absolute atomic E-state index is 12.8. The van der Waals surface area contributed by atoms with E-state index in [2.05, 4.69) is 0 Å². The third kappa shape index (κ3) is 4.28. The van der Waals surface area contributed by atoms with Gasteiger partial charge in [-0.25, -0.2) is 0 Å². The van der Waals surface area contributed by atoms with E-state index in [0.717, 1.165) is 0 Å². The van der Waals surface area contributed by atoms with Gasteiger partial charge in [0.05, 0.1) is 18.7 Å². The van der Waals surface area contributed by atoms with Gasteiger partial charge in [0.25, 0.3) is 11.7 Å². The van der Waals surface area contributed by atoms with E-state index < -0.39 is 17.7 Å². The molecule has 0 spiro atoms. The summed E-state index contributed by atoms with van der Waals surface area (Å²) in [5, 5.41) is 11.4. The molecule has 0 saturated carbocycles. The Hall–Kier alpha value is -2.83. The van der Waals surface area contributed by atoms with Gasteiger partial charge in [-0.15, -0.1) is 0 Å². The van der Waals surface area contributed by atoms with Gasteiger partial charge in [0.15, 0.2) is 0 Å². The van der Waals surface area contributed by atoms with E-state index in [-0.39, 0.29) is 11.3 Å². The molecule has 1 amide bonds. The lowest BCUT2D eigenvalue weighted by Gasteiger charge is -2.25. The van der Waals surface area contributed by atoms with E-state index in [4.69, 9.17) is 21.1 Å². The number of methoxy groups -OCH3 is 2. The number of Topliss-reactive ketones (excluding diaryl/α,β-unsaturated/α-hetero) is 1. The Morgan fingerprint density at radius 1 is 1.07 bits per heavy atom. The number of carbonyl (C=O) groups excluding carboxylic acids is 2. The molecule has 2 aromatic carbocycles. The van der Waals surface area contributed by atoms with Gasteiger partial charge in [-0.05, 0) is 48.4 Å². The summed E-state index contributed by atoms with van der Waals surface area (Å²) < 4.78 is 10.3. The van der Waals surface area contributed by atoms with E-state index in [1.165, 1.54) is 4.90 Å². The number of hydrogen-bond acceptors (Lipinski definition) is 5. The molecular formula is C22H22ClNO5. The van der Waals surface area contributed by atoms with Crippen LogP contribution in [0.25, 0.3) is 5.76 Å². The molecular weight excluding hydrogens is 394 g/mol. The number of rotatable bonds is 7. The van der Waals surface area contributed by atoms with E-state index >= 15 is 0 Å². The molecule has 0 aromatic heterocycles. The molecule has 1 atom stereocenters. The normalized spacial score (nSPS) is 18.3. The first-order valence-corrected chi connectivity index (χ1v) is 9.53. The topological polar surface area (TPSA) is 76.1 Å². The molecule has 1 N–H and O–H groups in total. The zero-order valence-electron chi connectivity index (χ0n) is 16.2. The minimum atomic E-state index is -0.712. The van der Waals surface area contributed by atoms with Crippen LogP contribution in [0.1, 0.15) is 23.6 Å². The van der Waals surface area contributed by atoms with Gasteiger partial charge >= 0.3 is 0 Å². The standard InChI is InChI=1S/C22H22ClNO5/c1-28-13-3-12-24-19(14-6-10-17(29-2)11-7-14)18(21(26)22(24)27)20(25)15-4-8-16(23)9-5-15/h4-11,19,25H,3,12-13H2,1-2H3/t19-/m0/s1. The molecule has 1 aliphatic rings. The van der Waals surface area contributed by atoms with Crippen LogP contribution in [-0.2, 0) is 14.3 Å². The van der Waals surface area contributed by atoms with Crippen LogP contribution in [0.5, 0.6) is 5.75 Å². The number of carbonyl (C=O) groups is 2. The molecule has 3 rings (SSSR count). The predicted molar refractivity (Wildman–Crippen MR) is 110 cm³/mol. The molecule has 29 heavy (non-hydrogen) atoms. The fourth-order valence-corrected chi connectivity index (χ4v) is 3.51. The minimum absolute atomic E-state index is 0.0555. The van der Waals surface area contributed by atoms with Crippen molar-refractivity contribution in [2.45, 2.75) is 12.5 Å². The van der Waals surface area contributed by atoms with Crippen molar-refractivity contribution in [2.24, 2.45) is 0 Å². The second-order valence-corrected chi connectivity index (χ2v) is 7.06. The SMILES string of the molecule is COCCCN1C(=O)C(=O)C(=C(O)c2ccc(Cl)cc2)[C@@H]1c1ccc(OC)cc1. The lowest BCUT2D eigenvalue weighted by molar-refractivity contribution is -0.140. The Kier molecular flexibility index (Phi) is 6.56. The molecule has 6 nitrogen and oxygen atoms in total. The molecule has 1 heterocycles. The van der Waals surface area contributed by atoms with Crippen molar-refractivity contribution in [1.29, 1.82) is 0 Å². The molecule has 2 aromatic rings. The first-order valence-electron chi connectivity index (χ1n) is 9.15. The van der Waals surface area contributed by atoms with Crippen LogP contribution in [0.15, 0.2) is 54.1 Å². The third-order valence-electron chi connectivity index (χ3n) is 4.84. The van der Waals surface area contributed by atoms with Crippen molar-refractivity contribution in [3.05, 3.63) is 70.3 Å². The largest absolute Gasteiger partial charge is 0.507 e. The average Bonchev–Trinajstić information content (AvgIpc) is 2.99. The van der Waals surface area contributed by atoms with Gasteiger partial charge in [0.1, 0.15) is 11.5 Å². The van der Waals surface area contributed by atoms with Gasteiger partial charge in [-0.2, -0.15) is 0 Å². The zero-order chi connectivity index (χ0) is 21.0. The van der Waals surface area contributed by atoms with Crippen molar-refractivity contribution < 1.29 is 24.2 Å². The smallest absolute Gasteiger partial charge is 0.295 e. The van der Waals surface area contributed by atoms with Crippen LogP contribution < -0.4 is 4.74 Å². The molecule has 1 saturated heterocycles. The van der Waals surface area contributed by atoms with Crippen LogP contribution in [0.4, 0.5) is 0 Å². The number of ketones is 1. The van der Waals surface area contributed by atoms with Crippen molar-refractivity contribution in [1.82, 2.24) is 4.90 Å². The lowest BCUT2D eigenvalue weighted by Crippen LogP contribution is -2.31. The summed E-state index contributed by atoms with van der Waals surface area (Å²) in [5.74, 6) is -0.925. The number of ether oxygens (including phenoxy) is 2. The Labute approximate surface area is 174 Å². The molecule has 0 radical (unpaired) electrons. The maximum atomic E-state index is 12.8. The summed E-state index contributed by atoms with van der Waals surface area (Å²) in [6, 6.07) is 12.8. The second kappa shape index (κ2) is 9.11. The van der Waals surface area contributed by atoms with Gasteiger partial charge in [0, 0.05) is 30.8 Å². The number of likely N-dealkylation sites (tertiary alicyclic amines) is 1. The highest BCUT2D eigenvalue weighted by molar-refractivity contribution is 6.46. The molecule has 1 fully saturated rings. The van der Waals surface area contributed by atoms with Gasteiger partial charge in [-0.3, -0.25) is 9.59 Å². The van der Waals surface area contributed by atoms with Crippen LogP contribution in [0.3, 0.4) is 0 Å². The number of aliphatic hydroxyl groups excluding tert-OH is 1. The lowest BCUT2D eigenvalue weighted by atomic mass is 9.95. The summed E-state index contributed by atoms with van der Waals surface area (Å²) in [6.07, 6.45) is 0.567. The molecule has 0 aliphatic carbocycles. The number of hydrogen-bond donors (Lipinski definition) is 1. The highest BCUT2D eigenvalue weighted by atomic mass is 35.5. The Morgan fingerprint density at radius 3 is 2.31 bits per heavy atom. The summed E-state index contributed by atoms with van der Waals surface area (Å²) in [5.41, 5.74) is 1.18. The molecule has 0 bridgehead atoms. The first kappa shape index (κ1) is 20.9. The fourth-order valence-electron chi connectivity index (χ4n) is 3.39. The first-order chi connectivity index (χ1) is 14.0. The Bertz CT molecular complexity index is 921. The summed E-state index contributed by atoms with van der Waals surface area (Å²) in [6.45, 7) is 0.780. The highest BCUT2D eigenvalue weighted by Crippen LogP contribution is 2.39. The van der Waals surface area contributed by atoms with Gasteiger partial charge in [-0.1, -0.05) is 23.7 Å². The van der Waals surface area contributed by atoms with Crippen molar-refractivity contribution >= 4 is 29.1 Å². The summed E-state index contributed by atoms with van der Waals surface area (Å²) in [7, 11) is 3.14. The average molecular weight is 416 g/mol. The van der Waals surface area contributed by atoms with Crippen molar-refractivity contribution in [3.63, 3.8) is 0 Å². The number of nitrogens with zero attached hydrogens (tertiary/aromatic N) is 1. The van der Waals surface area contributed by atoms with E-state index in [1.807, 2.05) is 0 Å². The highest BCUT2D eigenvalue weighted by Gasteiger charge is 2.45. The fraction of sp³-hybridized carbons (Fsp3) is 0.273. The van der Waals surface area contributed by atoms with Crippen LogP contribution in [0, 0.1) is 0 Å². The second-order valence-electron chi connectivity index (χ2n) is 6.62. The Morgan fingerprint density at radius 2 is 1.72 bits per heavy atom. The zero-order valence-corrected chi connectivity index (χ0v) is 17.0. The summed E-state index contributed by atoms with van der Waals surface area (Å²) in [4.78, 5) is 27.1. The van der Waals surface area contributed by atoms with Crippen LogP contribution in [0.2, 0.25) is 5.02 Å². The third-order valence-corrected chi connectivity index (χ3v) is 5.09. The molecule has 7 heteroatoms. The number of halogens is 1. The summed E-state index contributed by atoms with van der Waals surface area (Å²) >= 11 is 5.92. The van der Waals surface area contributed by atoms with Gasteiger partial charge < -0.3 is 19.5 Å². The molecule has 1 aliphatic heterocycles.